The van der Waals surface area contributed by atoms with Gasteiger partial charge in [0.15, 0.2) is 17.3 Å². The van der Waals surface area contributed by atoms with Crippen molar-refractivity contribution in [2.24, 2.45) is 0 Å². The summed E-state index contributed by atoms with van der Waals surface area (Å²) in [5.41, 5.74) is 0.670. The molecule has 6 heteroatoms. The summed E-state index contributed by atoms with van der Waals surface area (Å²) in [6.45, 7) is 2.35. The molecule has 0 saturated carbocycles. The molecule has 1 aromatic carbocycles. The van der Waals surface area contributed by atoms with E-state index in [9.17, 15) is 9.59 Å². The summed E-state index contributed by atoms with van der Waals surface area (Å²) in [6, 6.07) is 5.15. The van der Waals surface area contributed by atoms with Crippen LogP contribution in [0.4, 0.5) is 4.79 Å². The molecular weight excluding hydrogens is 250 g/mol. The number of alkyl carbamates (subject to hydrolysis) is 1. The summed E-state index contributed by atoms with van der Waals surface area (Å²) in [4.78, 5) is 22.2. The van der Waals surface area contributed by atoms with Crippen molar-refractivity contribution in [2.45, 2.75) is 6.92 Å². The Labute approximate surface area is 110 Å². The highest BCUT2D eigenvalue weighted by Gasteiger charge is 2.26. The lowest BCUT2D eigenvalue weighted by molar-refractivity contribution is -0.116. The molecule has 0 aliphatic carbocycles. The quantitative estimate of drug-likeness (QED) is 0.837. The maximum atomic E-state index is 11.3. The fraction of sp³-hybridized carbons (Fsp3) is 0.231. The molecule has 0 atom stereocenters. The molecule has 0 radical (unpaired) electrons. The lowest BCUT2D eigenvalue weighted by atomic mass is 10.1. The van der Waals surface area contributed by atoms with E-state index in [1.54, 1.807) is 25.3 Å². The van der Waals surface area contributed by atoms with Gasteiger partial charge in [-0.2, -0.15) is 0 Å². The van der Waals surface area contributed by atoms with Crippen LogP contribution in [-0.4, -0.2) is 25.7 Å². The fourth-order valence-corrected chi connectivity index (χ4v) is 1.62. The number of methoxy groups -OCH3 is 1. The number of hydrogen-bond donors (Lipinski definition) is 1. The first-order valence-corrected chi connectivity index (χ1v) is 5.69. The van der Waals surface area contributed by atoms with Gasteiger partial charge >= 0.3 is 6.09 Å². The molecule has 2 rings (SSSR count). The second-order valence-electron chi connectivity index (χ2n) is 3.70. The van der Waals surface area contributed by atoms with Gasteiger partial charge in [0.25, 0.3) is 5.91 Å². The molecule has 0 spiro atoms. The number of cyclic esters (lactones) is 1. The Kier molecular flexibility index (Phi) is 3.70. The molecule has 1 saturated heterocycles. The van der Waals surface area contributed by atoms with Crippen LogP contribution in [-0.2, 0) is 9.53 Å². The number of benzene rings is 1. The van der Waals surface area contributed by atoms with E-state index in [4.69, 9.17) is 14.2 Å². The van der Waals surface area contributed by atoms with Crippen LogP contribution < -0.4 is 14.8 Å². The summed E-state index contributed by atoms with van der Waals surface area (Å²) in [7, 11) is 1.54. The first-order chi connectivity index (χ1) is 9.13. The van der Waals surface area contributed by atoms with Crippen molar-refractivity contribution in [2.75, 3.05) is 13.7 Å². The van der Waals surface area contributed by atoms with Crippen LogP contribution in [0.5, 0.6) is 11.5 Å². The van der Waals surface area contributed by atoms with E-state index in [1.165, 1.54) is 6.08 Å². The first-order valence-electron chi connectivity index (χ1n) is 5.69. The Morgan fingerprint density at radius 1 is 1.32 bits per heavy atom. The molecule has 0 bridgehead atoms. The van der Waals surface area contributed by atoms with Gasteiger partial charge in [-0.15, -0.1) is 0 Å². The molecule has 1 aromatic rings. The third-order valence-corrected chi connectivity index (χ3v) is 2.43. The number of ether oxygens (including phenoxy) is 3. The third-order valence-electron chi connectivity index (χ3n) is 2.43. The normalized spacial score (nSPS) is 16.2. The van der Waals surface area contributed by atoms with E-state index in [1.807, 2.05) is 12.2 Å². The molecule has 1 fully saturated rings. The second-order valence-corrected chi connectivity index (χ2v) is 3.70. The van der Waals surface area contributed by atoms with Crippen molar-refractivity contribution in [1.29, 1.82) is 0 Å². The number of rotatable bonds is 4. The van der Waals surface area contributed by atoms with Gasteiger partial charge < -0.3 is 14.2 Å². The predicted molar refractivity (Wildman–Crippen MR) is 66.8 cm³/mol. The van der Waals surface area contributed by atoms with Crippen LogP contribution in [0, 0.1) is 0 Å². The highest BCUT2D eigenvalue weighted by molar-refractivity contribution is 6.09. The minimum absolute atomic E-state index is 0.0439. The standard InChI is InChI=1S/C13H13NO5/c1-3-18-10-6-8(4-5-9(10)17-2)7-11-12(15)14-13(16)19-11/h4-7H,3H2,1-2H3,(H,14,15,16). The molecule has 1 heterocycles. The van der Waals surface area contributed by atoms with Gasteiger partial charge in [-0.1, -0.05) is 6.07 Å². The van der Waals surface area contributed by atoms with Gasteiger partial charge in [0.05, 0.1) is 13.7 Å². The predicted octanol–water partition coefficient (Wildman–Crippen LogP) is 1.70. The Balaban J connectivity index is 2.31. The topological polar surface area (TPSA) is 73.9 Å². The Bertz CT molecular complexity index is 550. The van der Waals surface area contributed by atoms with E-state index in [2.05, 4.69) is 0 Å². The minimum Gasteiger partial charge on any atom is -0.493 e. The number of carbonyl (C=O) groups is 2. The maximum Gasteiger partial charge on any atom is 0.419 e. The van der Waals surface area contributed by atoms with Crippen molar-refractivity contribution < 1.29 is 23.8 Å². The lowest BCUT2D eigenvalue weighted by Gasteiger charge is -2.09. The zero-order valence-electron chi connectivity index (χ0n) is 10.6. The number of nitrogens with one attached hydrogen (secondary N) is 1. The Morgan fingerprint density at radius 2 is 2.11 bits per heavy atom. The molecule has 1 aliphatic heterocycles. The van der Waals surface area contributed by atoms with Crippen LogP contribution >= 0.6 is 0 Å². The summed E-state index contributed by atoms with van der Waals surface area (Å²) in [5.74, 6) is 0.553. The minimum atomic E-state index is -0.769. The highest BCUT2D eigenvalue weighted by Crippen LogP contribution is 2.29. The van der Waals surface area contributed by atoms with E-state index >= 15 is 0 Å². The number of hydrogen-bond acceptors (Lipinski definition) is 5. The zero-order chi connectivity index (χ0) is 13.8. The summed E-state index contributed by atoms with van der Waals surface area (Å²) >= 11 is 0. The van der Waals surface area contributed by atoms with Crippen molar-refractivity contribution >= 4 is 18.1 Å². The average molecular weight is 263 g/mol. The molecule has 19 heavy (non-hydrogen) atoms. The Hall–Kier alpha value is -2.50. The summed E-state index contributed by atoms with van der Waals surface area (Å²) in [6.07, 6.45) is 0.692. The van der Waals surface area contributed by atoms with Gasteiger partial charge in [-0.25, -0.2) is 4.79 Å². The van der Waals surface area contributed by atoms with Crippen molar-refractivity contribution in [3.63, 3.8) is 0 Å². The van der Waals surface area contributed by atoms with Crippen molar-refractivity contribution in [1.82, 2.24) is 5.32 Å². The van der Waals surface area contributed by atoms with Crippen LogP contribution in [0.2, 0.25) is 0 Å². The van der Waals surface area contributed by atoms with Crippen LogP contribution in [0.25, 0.3) is 6.08 Å². The van der Waals surface area contributed by atoms with Gasteiger partial charge in [0, 0.05) is 0 Å². The number of imide groups is 1. The van der Waals surface area contributed by atoms with E-state index in [0.717, 1.165) is 0 Å². The van der Waals surface area contributed by atoms with Crippen LogP contribution in [0.1, 0.15) is 12.5 Å². The van der Waals surface area contributed by atoms with Gasteiger partial charge in [-0.3, -0.25) is 10.1 Å². The zero-order valence-corrected chi connectivity index (χ0v) is 10.6. The molecule has 0 unspecified atom stereocenters. The van der Waals surface area contributed by atoms with Crippen molar-refractivity contribution in [3.8, 4) is 11.5 Å². The van der Waals surface area contributed by atoms with Crippen molar-refractivity contribution in [3.05, 3.63) is 29.5 Å². The van der Waals surface area contributed by atoms with Crippen LogP contribution in [0.15, 0.2) is 24.0 Å². The molecular formula is C13H13NO5. The summed E-state index contributed by atoms with van der Waals surface area (Å²) < 4.78 is 15.3. The van der Waals surface area contributed by atoms with E-state index in [-0.39, 0.29) is 5.76 Å². The fourth-order valence-electron chi connectivity index (χ4n) is 1.62. The van der Waals surface area contributed by atoms with Crippen LogP contribution in [0.3, 0.4) is 0 Å². The molecule has 100 valence electrons. The first kappa shape index (κ1) is 12.9. The lowest BCUT2D eigenvalue weighted by Crippen LogP contribution is -2.18. The molecule has 2 amide bonds. The molecule has 1 N–H and O–H groups in total. The molecule has 0 aromatic heterocycles. The van der Waals surface area contributed by atoms with E-state index in [0.29, 0.717) is 23.7 Å². The maximum absolute atomic E-state index is 11.3. The van der Waals surface area contributed by atoms with Gasteiger partial charge in [0.2, 0.25) is 0 Å². The smallest absolute Gasteiger partial charge is 0.419 e. The van der Waals surface area contributed by atoms with Gasteiger partial charge in [-0.05, 0) is 30.7 Å². The number of amides is 2. The summed E-state index contributed by atoms with van der Waals surface area (Å²) in [5, 5.41) is 2.03. The SMILES string of the molecule is CCOc1cc(C=C2OC(=O)NC2=O)ccc1OC. The average Bonchev–Trinajstić information content (AvgIpc) is 2.69. The molecule has 6 nitrogen and oxygen atoms in total. The largest absolute Gasteiger partial charge is 0.493 e. The van der Waals surface area contributed by atoms with Gasteiger partial charge in [0.1, 0.15) is 0 Å². The molecule has 1 aliphatic rings. The Morgan fingerprint density at radius 3 is 2.68 bits per heavy atom. The number of carbonyl (C=O) groups excluding carboxylic acids is 2. The second kappa shape index (κ2) is 5.43. The third kappa shape index (κ3) is 2.85. The monoisotopic (exact) mass is 263 g/mol. The highest BCUT2D eigenvalue weighted by atomic mass is 16.6. The van der Waals surface area contributed by atoms with E-state index < -0.39 is 12.0 Å².